The molecule has 1 atom stereocenters. The van der Waals surface area contributed by atoms with Crippen LogP contribution in [0.25, 0.3) is 11.2 Å². The Kier molecular flexibility index (Phi) is 6.23. The van der Waals surface area contributed by atoms with Crippen LogP contribution in [0.4, 0.5) is 11.8 Å². The Morgan fingerprint density at radius 2 is 2.03 bits per heavy atom. The van der Waals surface area contributed by atoms with Gasteiger partial charge in [-0.05, 0) is 12.0 Å². The standard InChI is InChI=1S/C19H25N7O3/c1-11(2)14(10-27)21-19-22-17(16-18(23-19)26(4)25-24-16)20-9-13-7-5-6-8-15(13)29-12(3)28/h5-8,11,14,27H,9-10H2,1-4H3,(H2,20,21,22,23)/t14-/m0/s1. The molecule has 0 spiro atoms. The highest BCUT2D eigenvalue weighted by Crippen LogP contribution is 2.23. The number of hydrogen-bond donors (Lipinski definition) is 3. The molecule has 0 bridgehead atoms. The highest BCUT2D eigenvalue weighted by molar-refractivity contribution is 5.83. The quantitative estimate of drug-likeness (QED) is 0.383. The summed E-state index contributed by atoms with van der Waals surface area (Å²) in [7, 11) is 1.75. The van der Waals surface area contributed by atoms with E-state index in [0.29, 0.717) is 35.2 Å². The van der Waals surface area contributed by atoms with Crippen LogP contribution in [-0.4, -0.2) is 48.7 Å². The zero-order chi connectivity index (χ0) is 21.0. The molecule has 0 saturated carbocycles. The fourth-order valence-electron chi connectivity index (χ4n) is 2.77. The van der Waals surface area contributed by atoms with E-state index in [1.54, 1.807) is 23.9 Å². The maximum Gasteiger partial charge on any atom is 0.308 e. The van der Waals surface area contributed by atoms with Crippen molar-refractivity contribution in [1.29, 1.82) is 0 Å². The number of fused-ring (bicyclic) bond motifs is 1. The van der Waals surface area contributed by atoms with E-state index in [9.17, 15) is 9.90 Å². The summed E-state index contributed by atoms with van der Waals surface area (Å²) < 4.78 is 6.82. The first-order valence-corrected chi connectivity index (χ1v) is 9.34. The minimum Gasteiger partial charge on any atom is -0.426 e. The third-order valence-electron chi connectivity index (χ3n) is 4.44. The number of carbonyl (C=O) groups is 1. The van der Waals surface area contributed by atoms with E-state index in [4.69, 9.17) is 4.74 Å². The summed E-state index contributed by atoms with van der Waals surface area (Å²) in [5.74, 6) is 1.15. The van der Waals surface area contributed by atoms with Gasteiger partial charge in [-0.2, -0.15) is 9.97 Å². The second kappa shape index (κ2) is 8.82. The van der Waals surface area contributed by atoms with Crippen LogP contribution in [0.2, 0.25) is 0 Å². The number of aliphatic hydroxyl groups excluding tert-OH is 1. The molecule has 1 aromatic carbocycles. The number of ether oxygens (including phenoxy) is 1. The van der Waals surface area contributed by atoms with Gasteiger partial charge in [0.15, 0.2) is 17.0 Å². The fourth-order valence-corrected chi connectivity index (χ4v) is 2.77. The van der Waals surface area contributed by atoms with E-state index < -0.39 is 0 Å². The van der Waals surface area contributed by atoms with Crippen molar-refractivity contribution in [3.05, 3.63) is 29.8 Å². The molecule has 0 amide bonds. The first-order valence-electron chi connectivity index (χ1n) is 9.34. The predicted molar refractivity (Wildman–Crippen MR) is 109 cm³/mol. The van der Waals surface area contributed by atoms with E-state index in [0.717, 1.165) is 5.56 Å². The molecule has 2 aromatic heterocycles. The van der Waals surface area contributed by atoms with Crippen molar-refractivity contribution in [1.82, 2.24) is 25.0 Å². The van der Waals surface area contributed by atoms with Crippen LogP contribution in [-0.2, 0) is 18.4 Å². The Labute approximate surface area is 168 Å². The lowest BCUT2D eigenvalue weighted by Gasteiger charge is -2.20. The second-order valence-electron chi connectivity index (χ2n) is 7.01. The number of rotatable bonds is 8. The lowest BCUT2D eigenvalue weighted by Crippen LogP contribution is -2.30. The van der Waals surface area contributed by atoms with Crippen molar-refractivity contribution >= 4 is 28.9 Å². The number of esters is 1. The van der Waals surface area contributed by atoms with Gasteiger partial charge in [-0.25, -0.2) is 4.68 Å². The number of hydrogen-bond acceptors (Lipinski definition) is 9. The fraction of sp³-hybridized carbons (Fsp3) is 0.421. The van der Waals surface area contributed by atoms with Crippen LogP contribution in [0.3, 0.4) is 0 Å². The van der Waals surface area contributed by atoms with Gasteiger partial charge >= 0.3 is 5.97 Å². The number of para-hydroxylation sites is 1. The van der Waals surface area contributed by atoms with E-state index in [1.807, 2.05) is 26.0 Å². The summed E-state index contributed by atoms with van der Waals surface area (Å²) in [5.41, 5.74) is 1.87. The molecular formula is C19H25N7O3. The molecule has 10 heteroatoms. The Hall–Kier alpha value is -3.27. The highest BCUT2D eigenvalue weighted by Gasteiger charge is 2.18. The normalized spacial score (nSPS) is 12.2. The monoisotopic (exact) mass is 399 g/mol. The first kappa shape index (κ1) is 20.5. The second-order valence-corrected chi connectivity index (χ2v) is 7.01. The van der Waals surface area contributed by atoms with Crippen LogP contribution in [0, 0.1) is 5.92 Å². The minimum atomic E-state index is -0.383. The van der Waals surface area contributed by atoms with Crippen molar-refractivity contribution in [2.75, 3.05) is 17.2 Å². The van der Waals surface area contributed by atoms with Crippen molar-refractivity contribution in [2.45, 2.75) is 33.4 Å². The van der Waals surface area contributed by atoms with Crippen LogP contribution < -0.4 is 15.4 Å². The van der Waals surface area contributed by atoms with Crippen LogP contribution in [0.15, 0.2) is 24.3 Å². The maximum atomic E-state index is 11.3. The van der Waals surface area contributed by atoms with Crippen LogP contribution >= 0.6 is 0 Å². The Bertz CT molecular complexity index is 1000. The molecule has 0 saturated heterocycles. The highest BCUT2D eigenvalue weighted by atomic mass is 16.5. The molecule has 3 N–H and O–H groups in total. The van der Waals surface area contributed by atoms with Gasteiger partial charge in [-0.15, -0.1) is 5.10 Å². The number of aliphatic hydroxyl groups is 1. The van der Waals surface area contributed by atoms with E-state index >= 15 is 0 Å². The third kappa shape index (κ3) is 4.77. The summed E-state index contributed by atoms with van der Waals surface area (Å²) >= 11 is 0. The number of carbonyl (C=O) groups excluding carboxylic acids is 1. The molecule has 0 radical (unpaired) electrons. The molecule has 10 nitrogen and oxygen atoms in total. The number of anilines is 2. The molecule has 29 heavy (non-hydrogen) atoms. The molecule has 0 fully saturated rings. The van der Waals surface area contributed by atoms with Gasteiger partial charge in [0.1, 0.15) is 5.75 Å². The number of nitrogens with one attached hydrogen (secondary N) is 2. The van der Waals surface area contributed by atoms with Crippen molar-refractivity contribution in [2.24, 2.45) is 13.0 Å². The average Bonchev–Trinajstić information content (AvgIpc) is 3.05. The summed E-state index contributed by atoms with van der Waals surface area (Å²) in [6.45, 7) is 5.69. The number of aromatic nitrogens is 5. The summed E-state index contributed by atoms with van der Waals surface area (Å²) in [6, 6.07) is 7.07. The number of aryl methyl sites for hydroxylation is 1. The number of nitrogens with zero attached hydrogens (tertiary/aromatic N) is 5. The predicted octanol–water partition coefficient (Wildman–Crippen LogP) is 1.72. The molecule has 0 aliphatic heterocycles. The van der Waals surface area contributed by atoms with E-state index in [1.165, 1.54) is 6.92 Å². The topological polar surface area (TPSA) is 127 Å². The summed E-state index contributed by atoms with van der Waals surface area (Å²) in [4.78, 5) is 20.3. The Morgan fingerprint density at radius 1 is 1.28 bits per heavy atom. The smallest absolute Gasteiger partial charge is 0.308 e. The lowest BCUT2D eigenvalue weighted by atomic mass is 10.1. The summed E-state index contributed by atoms with van der Waals surface area (Å²) in [5, 5.41) is 24.2. The first-order chi connectivity index (χ1) is 13.9. The maximum absolute atomic E-state index is 11.3. The molecule has 0 unspecified atom stereocenters. The number of benzene rings is 1. The molecule has 154 valence electrons. The van der Waals surface area contributed by atoms with E-state index in [-0.39, 0.29) is 24.5 Å². The van der Waals surface area contributed by atoms with Gasteiger partial charge in [0.25, 0.3) is 0 Å². The molecular weight excluding hydrogens is 374 g/mol. The van der Waals surface area contributed by atoms with Gasteiger partial charge < -0.3 is 20.5 Å². The molecule has 0 aliphatic carbocycles. The largest absolute Gasteiger partial charge is 0.426 e. The van der Waals surface area contributed by atoms with Crippen LogP contribution in [0.1, 0.15) is 26.3 Å². The SMILES string of the molecule is CC(=O)Oc1ccccc1CNc1nc(N[C@@H](CO)C(C)C)nc2c1nnn2C. The average molecular weight is 399 g/mol. The molecule has 3 rings (SSSR count). The van der Waals surface area contributed by atoms with Crippen molar-refractivity contribution in [3.8, 4) is 5.75 Å². The Morgan fingerprint density at radius 3 is 2.72 bits per heavy atom. The molecule has 0 aliphatic rings. The van der Waals surface area contributed by atoms with Gasteiger partial charge in [-0.3, -0.25) is 4.79 Å². The van der Waals surface area contributed by atoms with Crippen molar-refractivity contribution < 1.29 is 14.6 Å². The van der Waals surface area contributed by atoms with Crippen LogP contribution in [0.5, 0.6) is 5.75 Å². The van der Waals surface area contributed by atoms with Crippen molar-refractivity contribution in [3.63, 3.8) is 0 Å². The molecule has 2 heterocycles. The summed E-state index contributed by atoms with van der Waals surface area (Å²) in [6.07, 6.45) is 0. The third-order valence-corrected chi connectivity index (χ3v) is 4.44. The minimum absolute atomic E-state index is 0.0405. The van der Waals surface area contributed by atoms with Gasteiger partial charge in [0, 0.05) is 26.1 Å². The van der Waals surface area contributed by atoms with Gasteiger partial charge in [0.05, 0.1) is 12.6 Å². The van der Waals surface area contributed by atoms with Gasteiger partial charge in [-0.1, -0.05) is 37.3 Å². The zero-order valence-corrected chi connectivity index (χ0v) is 16.9. The van der Waals surface area contributed by atoms with Gasteiger partial charge in [0.2, 0.25) is 5.95 Å². The Balaban J connectivity index is 1.90. The molecule has 3 aromatic rings. The van der Waals surface area contributed by atoms with E-state index in [2.05, 4.69) is 30.9 Å². The zero-order valence-electron chi connectivity index (χ0n) is 16.9. The lowest BCUT2D eigenvalue weighted by molar-refractivity contribution is -0.131.